The third-order valence-electron chi connectivity index (χ3n) is 22.4. The topological polar surface area (TPSA) is 898 Å². The second kappa shape index (κ2) is 35.8. The van der Waals surface area contributed by atoms with Crippen LogP contribution in [-0.4, -0.2) is 312 Å². The normalized spacial score (nSPS) is 37.7. The molecule has 6 unspecified atom stereocenters. The molecule has 9 fully saturated rings. The van der Waals surface area contributed by atoms with Crippen LogP contribution in [0, 0.1) is 6.92 Å². The molecule has 0 amide bonds. The maximum atomic E-state index is 13.2. The summed E-state index contributed by atoms with van der Waals surface area (Å²) < 4.78 is 184. The van der Waals surface area contributed by atoms with Crippen molar-refractivity contribution in [1.29, 1.82) is 0 Å². The molecule has 12 aromatic rings. The number of H-pyrrole nitrogens is 3. The fraction of sp³-hybridized carbons (Fsp3) is 0.484. The molecule has 0 aromatic carbocycles. The first-order valence-corrected chi connectivity index (χ1v) is 48.8. The number of phosphoric ester groups is 6. The highest BCUT2D eigenvalue weighted by molar-refractivity contribution is 7.48. The zero-order chi connectivity index (χ0) is 95.5. The average Bonchev–Trinajstić information content (AvgIpc) is 1.63. The van der Waals surface area contributed by atoms with Gasteiger partial charge in [0.25, 0.3) is 16.7 Å². The molecule has 64 nitrogen and oxygen atoms in total. The standard InChI is InChI=1S/C22H24ClN7O13P2.C22H26N8O13P2.C20H24N10O13P2/c23-9-1-3-25-17-8(9)2-4-29(17)20-14(32)15-11(41-20)6-39-45(36,37)43-16-13(31)10(5-38-44(34,35)42-15)40-21(16)30-7-26-12-18(30)27-22(24)28-19(12)33;1-8-2-3-24-17-11(8)25-6-29(17)20-14(32)15-10(41-20)5-39-45(36,37)43-16-13(31)9(4-38-44(34,35)42-15)40-21(16)30-7-26-12-18(30)27-22(23)28-19(12)33;21-6-1-2-23-15-9(6)24-5-29(15)18-12(32)13-8(41-18)4-39-45(36,37)43-14-11(31)7(3-38-44(34,35)42-13)40-19(14)30-16-10(27-28-30)17(33)26-20(22)25-16/h1-4,7,10-11,13-16,20-21,31-32H,5-6H2,(H,34,35)(H,36,37)(H3,24,27,28,33);2-3,6-7,9-10,13-16,20-21,31-32H,4-5H2,1H3,(H,34,35)(H,36,37)(H3,23,27,28,33);1-2,5,7-8,11-14,18-19,31-32H,3-4H2,(H2,21,23)(H,34,35)(H,36,37)(H3,22,25,26,33)/t10-,11-,13-,14-,15-,16-,20-,21-;9-,10-,13-,14-,15-,16-,20-,21-;7-,8-,11-,12-,13-,14-,18-,19-/m111/s1. The lowest BCUT2D eigenvalue weighted by molar-refractivity contribution is -0.0708. The molecule has 12 aromatic heterocycles. The lowest BCUT2D eigenvalue weighted by Gasteiger charge is -2.25. The number of nitrogen functional groups attached to an aromatic ring is 4. The molecule has 6 bridgehead atoms. The van der Waals surface area contributed by atoms with Gasteiger partial charge in [0, 0.05) is 30.2 Å². The van der Waals surface area contributed by atoms with Gasteiger partial charge in [0.05, 0.1) is 75.7 Å². The Morgan fingerprint density at radius 3 is 1.13 bits per heavy atom. The van der Waals surface area contributed by atoms with E-state index in [1.807, 2.05) is 0 Å². The van der Waals surface area contributed by atoms with Crippen LogP contribution in [-0.2, 0) is 110 Å². The Labute approximate surface area is 751 Å². The molecule has 23 N–H and O–H groups in total. The number of aliphatic hydroxyl groups is 6. The highest BCUT2D eigenvalue weighted by Gasteiger charge is 2.59. The number of rotatable bonds is 6. The first-order valence-electron chi connectivity index (χ1n) is 39.4. The number of nitrogens with zero attached hydrogens (tertiary/aromatic N) is 18. The van der Waals surface area contributed by atoms with E-state index in [1.165, 1.54) is 57.2 Å². The molecular formula is C64H74ClN25O39P6. The number of aryl methyl sites for hydroxylation is 1. The molecule has 726 valence electrons. The number of imidazole rings is 4. The van der Waals surface area contributed by atoms with Crippen molar-refractivity contribution in [2.45, 2.75) is 154 Å². The number of nitrogens with one attached hydrogen (secondary N) is 3. The number of phosphoric acid groups is 6. The summed E-state index contributed by atoms with van der Waals surface area (Å²) in [5.74, 6) is -0.874. The first-order chi connectivity index (χ1) is 63.9. The van der Waals surface area contributed by atoms with Gasteiger partial charge in [-0.05, 0) is 36.8 Å². The molecule has 0 radical (unpaired) electrons. The molecule has 135 heavy (non-hydrogen) atoms. The number of nitrogens with two attached hydrogens (primary N) is 4. The van der Waals surface area contributed by atoms with Gasteiger partial charge >= 0.3 is 46.9 Å². The van der Waals surface area contributed by atoms with Gasteiger partial charge in [-0.2, -0.15) is 19.6 Å². The molecule has 0 saturated carbocycles. The van der Waals surface area contributed by atoms with Gasteiger partial charge < -0.3 is 116 Å². The van der Waals surface area contributed by atoms with E-state index in [4.69, 9.17) is 117 Å². The van der Waals surface area contributed by atoms with Crippen LogP contribution >= 0.6 is 58.5 Å². The Balaban J connectivity index is 0.000000130. The number of pyridine rings is 3. The zero-order valence-corrected chi connectivity index (χ0v) is 74.0. The molecule has 0 spiro atoms. The Kier molecular flexibility index (Phi) is 25.1. The third-order valence-corrected chi connectivity index (χ3v) is 28.6. The molecule has 9 saturated heterocycles. The van der Waals surface area contributed by atoms with Gasteiger partial charge in [0.1, 0.15) is 127 Å². The van der Waals surface area contributed by atoms with Gasteiger partial charge in [0.2, 0.25) is 17.8 Å². The molecule has 21 heterocycles. The van der Waals surface area contributed by atoms with E-state index >= 15 is 0 Å². The summed E-state index contributed by atoms with van der Waals surface area (Å²) in [6.45, 7) is -3.07. The quantitative estimate of drug-likeness (QED) is 0.0721. The Morgan fingerprint density at radius 2 is 0.689 bits per heavy atom. The highest BCUT2D eigenvalue weighted by Crippen LogP contribution is 2.59. The van der Waals surface area contributed by atoms with E-state index in [2.05, 4.69) is 75.1 Å². The number of aromatic amines is 3. The summed E-state index contributed by atoms with van der Waals surface area (Å²) in [7, 11) is -30.5. The summed E-state index contributed by atoms with van der Waals surface area (Å²) >= 11 is 6.23. The second-order valence-electron chi connectivity index (χ2n) is 31.0. The van der Waals surface area contributed by atoms with Gasteiger partial charge in [-0.3, -0.25) is 102 Å². The number of ether oxygens (including phenoxy) is 6. The van der Waals surface area contributed by atoms with E-state index in [0.717, 1.165) is 32.0 Å². The van der Waals surface area contributed by atoms with Crippen LogP contribution in [0.3, 0.4) is 0 Å². The minimum Gasteiger partial charge on any atom is -0.397 e. The van der Waals surface area contributed by atoms with Crippen LogP contribution in [0.2, 0.25) is 5.02 Å². The van der Waals surface area contributed by atoms with Crippen molar-refractivity contribution in [2.24, 2.45) is 0 Å². The van der Waals surface area contributed by atoms with Crippen LogP contribution < -0.4 is 39.6 Å². The van der Waals surface area contributed by atoms with Crippen molar-refractivity contribution in [1.82, 2.24) is 103 Å². The van der Waals surface area contributed by atoms with E-state index in [0.29, 0.717) is 27.2 Å². The molecule has 71 heteroatoms. The number of fused-ring (bicyclic) bond motifs is 15. The molecule has 9 aliphatic rings. The van der Waals surface area contributed by atoms with Crippen molar-refractivity contribution >= 4 is 149 Å². The van der Waals surface area contributed by atoms with E-state index in [9.17, 15) is 102 Å². The molecular weight excluding hydrogens is 1960 g/mol. The Bertz CT molecular complexity index is 6460. The van der Waals surface area contributed by atoms with E-state index < -0.39 is 250 Å². The number of anilines is 4. The summed E-state index contributed by atoms with van der Waals surface area (Å²) in [5, 5.41) is 74.8. The smallest absolute Gasteiger partial charge is 0.397 e. The SMILES string of the molecule is Cc1ccnc2c1ncn2[C@@H]1O[C@@H]2COP(=O)(O)O[C@@H]3[C@H](O)[C@@H](COP(=O)(O)O[C@H]2[C@H]1O)O[C@H]3n1cnc2c(=O)[nH]c(N)nc21.Nc1nc2c(ncn2[C@@H]2O[C@@H]3COP(=O)(O)O[C@H]4[C@@H](O)[C@H](n5ccc6c(Cl)ccnc65)O[C@@H]4COP(=O)(O)O[C@@H]2[C@@H]3O)c(=O)[nH]1.Nc1nc2c(nnn2[C@@H]2O[C@@H]3COP(=O)(O)O[C@H]4[C@@H](O)[C@H](n5cnc6c(N)ccnc65)O[C@@H]4COP(=O)(O)O[C@@H]2[C@@H]3O)c(=O)[nH]1. The summed E-state index contributed by atoms with van der Waals surface area (Å²) in [6.07, 6.45) is -27.0. The molecule has 0 aliphatic carbocycles. The summed E-state index contributed by atoms with van der Waals surface area (Å²) in [5.41, 5.74) is 22.3. The van der Waals surface area contributed by atoms with Crippen LogP contribution in [0.4, 0.5) is 23.5 Å². The third kappa shape index (κ3) is 18.2. The van der Waals surface area contributed by atoms with Gasteiger partial charge in [-0.15, -0.1) is 5.10 Å². The highest BCUT2D eigenvalue weighted by atomic mass is 35.5. The Hall–Kier alpha value is -9.42. The number of hydrogen-bond acceptors (Lipinski definition) is 49. The number of hydrogen-bond donors (Lipinski definition) is 19. The van der Waals surface area contributed by atoms with Gasteiger partial charge in [-0.1, -0.05) is 16.8 Å². The molecule has 30 atom stereocenters. The van der Waals surface area contributed by atoms with Crippen molar-refractivity contribution in [3.8, 4) is 0 Å². The van der Waals surface area contributed by atoms with Crippen molar-refractivity contribution < 1.29 is 170 Å². The van der Waals surface area contributed by atoms with Crippen LogP contribution in [0.25, 0.3) is 66.9 Å². The minimum absolute atomic E-state index is 0.117. The fourth-order valence-electron chi connectivity index (χ4n) is 16.2. The lowest BCUT2D eigenvalue weighted by Crippen LogP contribution is -2.36. The zero-order valence-electron chi connectivity index (χ0n) is 67.8. The van der Waals surface area contributed by atoms with Crippen molar-refractivity contribution in [3.05, 3.63) is 116 Å². The van der Waals surface area contributed by atoms with E-state index in [1.54, 1.807) is 25.1 Å². The maximum Gasteiger partial charge on any atom is 0.472 e. The average molecular weight is 2040 g/mol. The van der Waals surface area contributed by atoms with Crippen LogP contribution in [0.1, 0.15) is 42.9 Å². The van der Waals surface area contributed by atoms with Crippen molar-refractivity contribution in [3.63, 3.8) is 0 Å². The maximum absolute atomic E-state index is 13.2. The minimum atomic E-state index is -5.13. The number of aliphatic hydroxyl groups excluding tert-OH is 6. The molecule has 9 aliphatic heterocycles. The largest absolute Gasteiger partial charge is 0.472 e. The van der Waals surface area contributed by atoms with Gasteiger partial charge in [-0.25, -0.2) is 62.3 Å². The number of halogens is 1. The van der Waals surface area contributed by atoms with Crippen LogP contribution in [0.5, 0.6) is 0 Å². The monoisotopic (exact) mass is 2040 g/mol. The Morgan fingerprint density at radius 1 is 0.363 bits per heavy atom. The second-order valence-corrected chi connectivity index (χ2v) is 39.8. The predicted octanol–water partition coefficient (Wildman–Crippen LogP) is -3.41. The van der Waals surface area contributed by atoms with Crippen molar-refractivity contribution in [2.75, 3.05) is 62.6 Å². The van der Waals surface area contributed by atoms with Gasteiger partial charge in [0.15, 0.2) is 82.2 Å². The predicted molar refractivity (Wildman–Crippen MR) is 438 cm³/mol. The summed E-state index contributed by atoms with van der Waals surface area (Å²) in [4.78, 5) is 148. The summed E-state index contributed by atoms with van der Waals surface area (Å²) in [6, 6.07) is 6.41. The van der Waals surface area contributed by atoms with E-state index in [-0.39, 0.29) is 68.2 Å². The molecule has 21 rings (SSSR count). The first kappa shape index (κ1) is 94.5. The fourth-order valence-corrected chi connectivity index (χ4v) is 22.1. The lowest BCUT2D eigenvalue weighted by atomic mass is 10.1. The van der Waals surface area contributed by atoms with Crippen LogP contribution in [0.15, 0.2) is 88.7 Å². The number of aromatic nitrogens is 21.